The molecule has 0 fully saturated rings. The van der Waals surface area contributed by atoms with Gasteiger partial charge < -0.3 is 10.1 Å². The summed E-state index contributed by atoms with van der Waals surface area (Å²) in [6, 6.07) is 17.8. The summed E-state index contributed by atoms with van der Waals surface area (Å²) in [7, 11) is 1.65. The van der Waals surface area contributed by atoms with Gasteiger partial charge in [0.05, 0.1) is 6.61 Å². The predicted molar refractivity (Wildman–Crippen MR) is 85.3 cm³/mol. The third-order valence-corrected chi connectivity index (χ3v) is 3.45. The number of ether oxygens (including phenoxy) is 1. The number of hydrogen-bond acceptors (Lipinski definition) is 2. The molecule has 2 rings (SSSR count). The number of benzene rings is 2. The van der Waals surface area contributed by atoms with E-state index in [1.54, 1.807) is 7.11 Å². The van der Waals surface area contributed by atoms with E-state index in [1.165, 1.54) is 5.56 Å². The van der Waals surface area contributed by atoms with E-state index in [9.17, 15) is 4.79 Å². The second-order valence-electron chi connectivity index (χ2n) is 5.15. The Balaban J connectivity index is 1.99. The van der Waals surface area contributed by atoms with Crippen molar-refractivity contribution in [2.24, 2.45) is 0 Å². The lowest BCUT2D eigenvalue weighted by molar-refractivity contribution is -0.116. The van der Waals surface area contributed by atoms with Crippen LogP contribution in [0.25, 0.3) is 0 Å². The number of rotatable bonds is 6. The normalized spacial score (nSPS) is 11.9. The topological polar surface area (TPSA) is 38.3 Å². The number of carbonyl (C=O) groups excluding carboxylic acids is 1. The average molecular weight is 283 g/mol. The molecule has 21 heavy (non-hydrogen) atoms. The average Bonchev–Trinajstić information content (AvgIpc) is 2.50. The first kappa shape index (κ1) is 15.3. The lowest BCUT2D eigenvalue weighted by Crippen LogP contribution is -2.15. The molecule has 0 saturated carbocycles. The van der Waals surface area contributed by atoms with Gasteiger partial charge in [-0.15, -0.1) is 0 Å². The fourth-order valence-electron chi connectivity index (χ4n) is 2.30. The molecule has 2 aromatic carbocycles. The standard InChI is InChI=1S/C18H21NO2/c1-14(15-8-4-3-5-9-15)12-18(20)19-17-11-7-6-10-16(17)13-21-2/h3-11,14H,12-13H2,1-2H3,(H,19,20)/t14-/m0/s1. The van der Waals surface area contributed by atoms with Crippen LogP contribution in [-0.2, 0) is 16.1 Å². The summed E-state index contributed by atoms with van der Waals surface area (Å²) in [5, 5.41) is 2.98. The minimum absolute atomic E-state index is 0.0231. The minimum atomic E-state index is 0.0231. The summed E-state index contributed by atoms with van der Waals surface area (Å²) in [6.07, 6.45) is 0.464. The Morgan fingerprint density at radius 2 is 1.76 bits per heavy atom. The summed E-state index contributed by atoms with van der Waals surface area (Å²) < 4.78 is 5.15. The van der Waals surface area contributed by atoms with Crippen LogP contribution in [0.1, 0.15) is 30.4 Å². The van der Waals surface area contributed by atoms with Crippen molar-refractivity contribution in [1.29, 1.82) is 0 Å². The van der Waals surface area contributed by atoms with Gasteiger partial charge >= 0.3 is 0 Å². The van der Waals surface area contributed by atoms with E-state index in [0.717, 1.165) is 11.3 Å². The van der Waals surface area contributed by atoms with E-state index in [2.05, 4.69) is 24.4 Å². The van der Waals surface area contributed by atoms with Crippen molar-refractivity contribution in [3.63, 3.8) is 0 Å². The quantitative estimate of drug-likeness (QED) is 0.871. The van der Waals surface area contributed by atoms with Gasteiger partial charge in [-0.25, -0.2) is 0 Å². The zero-order valence-corrected chi connectivity index (χ0v) is 12.5. The molecule has 1 atom stereocenters. The second kappa shape index (κ2) is 7.60. The van der Waals surface area contributed by atoms with Crippen molar-refractivity contribution < 1.29 is 9.53 Å². The van der Waals surface area contributed by atoms with Gasteiger partial charge in [0.25, 0.3) is 0 Å². The summed E-state index contributed by atoms with van der Waals surface area (Å²) in [4.78, 5) is 12.2. The van der Waals surface area contributed by atoms with Gasteiger partial charge in [0.15, 0.2) is 0 Å². The summed E-state index contributed by atoms with van der Waals surface area (Å²) in [5.41, 5.74) is 2.99. The lowest BCUT2D eigenvalue weighted by atomic mass is 9.97. The second-order valence-corrected chi connectivity index (χ2v) is 5.15. The zero-order chi connectivity index (χ0) is 15.1. The third-order valence-electron chi connectivity index (χ3n) is 3.45. The van der Waals surface area contributed by atoms with Crippen molar-refractivity contribution in [1.82, 2.24) is 0 Å². The molecule has 0 spiro atoms. The molecule has 0 unspecified atom stereocenters. The molecule has 0 radical (unpaired) electrons. The smallest absolute Gasteiger partial charge is 0.224 e. The molecule has 0 aliphatic rings. The highest BCUT2D eigenvalue weighted by Crippen LogP contribution is 2.21. The first-order valence-corrected chi connectivity index (χ1v) is 7.12. The van der Waals surface area contributed by atoms with E-state index in [1.807, 2.05) is 42.5 Å². The van der Waals surface area contributed by atoms with Crippen molar-refractivity contribution in [2.45, 2.75) is 25.9 Å². The predicted octanol–water partition coefficient (Wildman–Crippen LogP) is 3.97. The molecule has 3 nitrogen and oxygen atoms in total. The third kappa shape index (κ3) is 4.43. The van der Waals surface area contributed by atoms with Gasteiger partial charge in [0, 0.05) is 24.8 Å². The first-order chi connectivity index (χ1) is 10.2. The van der Waals surface area contributed by atoms with Crippen LogP contribution in [0, 0.1) is 0 Å². The SMILES string of the molecule is COCc1ccccc1NC(=O)C[C@H](C)c1ccccc1. The molecule has 0 saturated heterocycles. The van der Waals surface area contributed by atoms with Gasteiger partial charge in [0.2, 0.25) is 5.91 Å². The van der Waals surface area contributed by atoms with E-state index >= 15 is 0 Å². The van der Waals surface area contributed by atoms with E-state index in [-0.39, 0.29) is 11.8 Å². The maximum atomic E-state index is 12.2. The monoisotopic (exact) mass is 283 g/mol. The van der Waals surface area contributed by atoms with E-state index in [0.29, 0.717) is 13.0 Å². The van der Waals surface area contributed by atoms with Crippen LogP contribution in [0.15, 0.2) is 54.6 Å². The maximum Gasteiger partial charge on any atom is 0.224 e. The Morgan fingerprint density at radius 1 is 1.10 bits per heavy atom. The molecule has 3 heteroatoms. The Hall–Kier alpha value is -2.13. The minimum Gasteiger partial charge on any atom is -0.380 e. The number of nitrogens with one attached hydrogen (secondary N) is 1. The Labute approximate surface area is 126 Å². The van der Waals surface area contributed by atoms with E-state index in [4.69, 9.17) is 4.74 Å². The van der Waals surface area contributed by atoms with Crippen LogP contribution in [0.3, 0.4) is 0 Å². The van der Waals surface area contributed by atoms with Crippen molar-refractivity contribution in [3.05, 3.63) is 65.7 Å². The highest BCUT2D eigenvalue weighted by Gasteiger charge is 2.12. The number of methoxy groups -OCH3 is 1. The lowest BCUT2D eigenvalue weighted by Gasteiger charge is -2.14. The number of amides is 1. The molecule has 0 aromatic heterocycles. The maximum absolute atomic E-state index is 12.2. The molecular formula is C18H21NO2. The first-order valence-electron chi connectivity index (χ1n) is 7.12. The molecule has 2 aromatic rings. The Morgan fingerprint density at radius 3 is 2.48 bits per heavy atom. The zero-order valence-electron chi connectivity index (χ0n) is 12.5. The van der Waals surface area contributed by atoms with E-state index < -0.39 is 0 Å². The van der Waals surface area contributed by atoms with Crippen LogP contribution in [0.5, 0.6) is 0 Å². The molecule has 1 amide bonds. The molecule has 0 aliphatic carbocycles. The molecular weight excluding hydrogens is 262 g/mol. The fourth-order valence-corrected chi connectivity index (χ4v) is 2.30. The van der Waals surface area contributed by atoms with Gasteiger partial charge in [-0.1, -0.05) is 55.5 Å². The number of hydrogen-bond donors (Lipinski definition) is 1. The number of anilines is 1. The molecule has 0 bridgehead atoms. The van der Waals surface area contributed by atoms with Crippen molar-refractivity contribution >= 4 is 11.6 Å². The fraction of sp³-hybridized carbons (Fsp3) is 0.278. The van der Waals surface area contributed by atoms with Crippen LogP contribution >= 0.6 is 0 Å². The van der Waals surface area contributed by atoms with Crippen LogP contribution < -0.4 is 5.32 Å². The molecule has 1 N–H and O–H groups in total. The Bertz CT molecular complexity index is 581. The van der Waals surface area contributed by atoms with Crippen LogP contribution in [0.4, 0.5) is 5.69 Å². The highest BCUT2D eigenvalue weighted by atomic mass is 16.5. The van der Waals surface area contributed by atoms with Crippen molar-refractivity contribution in [3.8, 4) is 0 Å². The highest BCUT2D eigenvalue weighted by molar-refractivity contribution is 5.92. The number of para-hydroxylation sites is 1. The van der Waals surface area contributed by atoms with Crippen LogP contribution in [-0.4, -0.2) is 13.0 Å². The van der Waals surface area contributed by atoms with Gasteiger partial charge in [0.1, 0.15) is 0 Å². The summed E-state index contributed by atoms with van der Waals surface area (Å²) in [5.74, 6) is 0.218. The van der Waals surface area contributed by atoms with Crippen LogP contribution in [0.2, 0.25) is 0 Å². The largest absolute Gasteiger partial charge is 0.380 e. The summed E-state index contributed by atoms with van der Waals surface area (Å²) >= 11 is 0. The molecule has 0 heterocycles. The van der Waals surface area contributed by atoms with Crippen molar-refractivity contribution in [2.75, 3.05) is 12.4 Å². The van der Waals surface area contributed by atoms with Gasteiger partial charge in [-0.05, 0) is 17.5 Å². The Kier molecular flexibility index (Phi) is 5.52. The molecule has 110 valence electrons. The summed E-state index contributed by atoms with van der Waals surface area (Å²) in [6.45, 7) is 2.56. The number of carbonyl (C=O) groups is 1. The van der Waals surface area contributed by atoms with Gasteiger partial charge in [-0.2, -0.15) is 0 Å². The van der Waals surface area contributed by atoms with Gasteiger partial charge in [-0.3, -0.25) is 4.79 Å². The molecule has 0 aliphatic heterocycles.